The van der Waals surface area contributed by atoms with Gasteiger partial charge in [0.15, 0.2) is 6.73 Å². The van der Waals surface area contributed by atoms with E-state index in [4.69, 9.17) is 9.47 Å². The molecular weight excluding hydrogens is 170 g/mol. The summed E-state index contributed by atoms with van der Waals surface area (Å²) in [5, 5.41) is 0. The molecule has 1 aromatic carbocycles. The van der Waals surface area contributed by atoms with Gasteiger partial charge < -0.3 is 9.47 Å². The number of benzene rings is 1. The molecule has 0 bridgehead atoms. The highest BCUT2D eigenvalue weighted by molar-refractivity contribution is 5.81. The number of fused-ring (bicyclic) bond motifs is 1. The first-order valence-electron chi connectivity index (χ1n) is 3.88. The molecule has 0 N–H and O–H groups in total. The molecule has 1 amide bonds. The van der Waals surface area contributed by atoms with Gasteiger partial charge >= 0.3 is 0 Å². The number of nitrogens with zero attached hydrogens (tertiary/aromatic N) is 1. The zero-order chi connectivity index (χ0) is 9.26. The zero-order valence-electron chi connectivity index (χ0n) is 7.19. The van der Waals surface area contributed by atoms with Gasteiger partial charge in [-0.1, -0.05) is 0 Å². The van der Waals surface area contributed by atoms with Crippen molar-refractivity contribution in [3.63, 3.8) is 0 Å². The zero-order valence-corrected chi connectivity index (χ0v) is 7.19. The molecule has 0 fully saturated rings. The minimum absolute atomic E-state index is 0.284. The van der Waals surface area contributed by atoms with Gasteiger partial charge in [-0.25, -0.2) is 0 Å². The van der Waals surface area contributed by atoms with Crippen molar-refractivity contribution in [3.05, 3.63) is 18.2 Å². The molecule has 1 heterocycles. The molecule has 0 aliphatic carbocycles. The molecule has 0 radical (unpaired) electrons. The number of anilines is 1. The molecular formula is C9H9NO3. The maximum atomic E-state index is 10.5. The summed E-state index contributed by atoms with van der Waals surface area (Å²) in [4.78, 5) is 12.0. The number of hydrogen-bond acceptors (Lipinski definition) is 3. The molecule has 68 valence electrons. The first kappa shape index (κ1) is 7.91. The van der Waals surface area contributed by atoms with E-state index >= 15 is 0 Å². The Morgan fingerprint density at radius 2 is 2.46 bits per heavy atom. The van der Waals surface area contributed by atoms with Crippen LogP contribution in [0.5, 0.6) is 11.5 Å². The fourth-order valence-corrected chi connectivity index (χ4v) is 1.27. The van der Waals surface area contributed by atoms with Crippen LogP contribution < -0.4 is 14.4 Å². The summed E-state index contributed by atoms with van der Waals surface area (Å²) >= 11 is 0. The van der Waals surface area contributed by atoms with E-state index in [1.165, 1.54) is 4.90 Å². The Morgan fingerprint density at radius 3 is 3.15 bits per heavy atom. The van der Waals surface area contributed by atoms with Crippen molar-refractivity contribution in [2.75, 3.05) is 18.7 Å². The fraction of sp³-hybridized carbons (Fsp3) is 0.222. The lowest BCUT2D eigenvalue weighted by atomic mass is 10.3. The Hall–Kier alpha value is -1.71. The highest BCUT2D eigenvalue weighted by atomic mass is 16.5. The summed E-state index contributed by atoms with van der Waals surface area (Å²) in [5.41, 5.74) is 0.788. The quantitative estimate of drug-likeness (QED) is 0.636. The Bertz CT molecular complexity index is 338. The number of carbonyl (C=O) groups is 1. The van der Waals surface area contributed by atoms with E-state index in [0.717, 1.165) is 17.8 Å². The van der Waals surface area contributed by atoms with E-state index in [1.54, 1.807) is 25.3 Å². The monoisotopic (exact) mass is 179 g/mol. The minimum Gasteiger partial charge on any atom is -0.497 e. The van der Waals surface area contributed by atoms with E-state index in [0.29, 0.717) is 5.75 Å². The van der Waals surface area contributed by atoms with Crippen molar-refractivity contribution >= 4 is 12.1 Å². The van der Waals surface area contributed by atoms with Crippen molar-refractivity contribution in [3.8, 4) is 11.5 Å². The highest BCUT2D eigenvalue weighted by Gasteiger charge is 2.19. The molecule has 4 nitrogen and oxygen atoms in total. The van der Waals surface area contributed by atoms with E-state index in [2.05, 4.69) is 0 Å². The van der Waals surface area contributed by atoms with Gasteiger partial charge in [0.2, 0.25) is 6.41 Å². The molecule has 0 saturated carbocycles. The van der Waals surface area contributed by atoms with E-state index in [-0.39, 0.29) is 6.73 Å². The topological polar surface area (TPSA) is 38.8 Å². The first-order chi connectivity index (χ1) is 6.35. The number of ether oxygens (including phenoxy) is 2. The second-order valence-corrected chi connectivity index (χ2v) is 2.68. The average Bonchev–Trinajstić information content (AvgIpc) is 2.59. The molecule has 1 aliphatic heterocycles. The van der Waals surface area contributed by atoms with Crippen LogP contribution in [-0.4, -0.2) is 20.3 Å². The second-order valence-electron chi connectivity index (χ2n) is 2.68. The Balaban J connectivity index is 2.40. The van der Waals surface area contributed by atoms with Crippen molar-refractivity contribution in [2.24, 2.45) is 0 Å². The number of hydrogen-bond donors (Lipinski definition) is 0. The van der Waals surface area contributed by atoms with Gasteiger partial charge in [-0.2, -0.15) is 0 Å². The van der Waals surface area contributed by atoms with Gasteiger partial charge in [0.05, 0.1) is 12.8 Å². The van der Waals surface area contributed by atoms with Gasteiger partial charge in [0.1, 0.15) is 11.5 Å². The molecule has 13 heavy (non-hydrogen) atoms. The molecule has 0 saturated heterocycles. The van der Waals surface area contributed by atoms with Crippen LogP contribution in [0.15, 0.2) is 18.2 Å². The first-order valence-corrected chi connectivity index (χ1v) is 3.88. The number of amides is 1. The van der Waals surface area contributed by atoms with Gasteiger partial charge in [0, 0.05) is 6.07 Å². The van der Waals surface area contributed by atoms with Crippen LogP contribution in [0.2, 0.25) is 0 Å². The molecule has 1 aliphatic rings. The molecule has 1 aromatic rings. The molecule has 0 spiro atoms. The summed E-state index contributed by atoms with van der Waals surface area (Å²) in [7, 11) is 1.59. The van der Waals surface area contributed by atoms with Crippen molar-refractivity contribution in [1.82, 2.24) is 0 Å². The van der Waals surface area contributed by atoms with Crippen molar-refractivity contribution in [2.45, 2.75) is 0 Å². The van der Waals surface area contributed by atoms with Gasteiger partial charge in [-0.15, -0.1) is 0 Å². The Labute approximate surface area is 75.7 Å². The summed E-state index contributed by atoms with van der Waals surface area (Å²) in [6, 6.07) is 5.36. The van der Waals surface area contributed by atoms with Crippen LogP contribution in [0.25, 0.3) is 0 Å². The van der Waals surface area contributed by atoms with E-state index in [1.807, 2.05) is 0 Å². The Morgan fingerprint density at radius 1 is 1.62 bits per heavy atom. The minimum atomic E-state index is 0.284. The normalized spacial score (nSPS) is 13.5. The highest BCUT2D eigenvalue weighted by Crippen LogP contribution is 2.35. The summed E-state index contributed by atoms with van der Waals surface area (Å²) in [6.07, 6.45) is 0.748. The summed E-state index contributed by atoms with van der Waals surface area (Å²) < 4.78 is 10.3. The van der Waals surface area contributed by atoms with Gasteiger partial charge in [-0.05, 0) is 12.1 Å². The largest absolute Gasteiger partial charge is 0.497 e. The predicted molar refractivity (Wildman–Crippen MR) is 47.0 cm³/mol. The Kier molecular flexibility index (Phi) is 1.81. The third kappa shape index (κ3) is 1.20. The van der Waals surface area contributed by atoms with Crippen LogP contribution in [-0.2, 0) is 4.79 Å². The third-order valence-corrected chi connectivity index (χ3v) is 1.96. The molecule has 2 rings (SSSR count). The van der Waals surface area contributed by atoms with Crippen molar-refractivity contribution < 1.29 is 14.3 Å². The van der Waals surface area contributed by atoms with Crippen LogP contribution in [0.3, 0.4) is 0 Å². The van der Waals surface area contributed by atoms with Gasteiger partial charge in [-0.3, -0.25) is 9.69 Å². The van der Waals surface area contributed by atoms with Crippen LogP contribution in [0.4, 0.5) is 5.69 Å². The second kappa shape index (κ2) is 2.97. The summed E-state index contributed by atoms with van der Waals surface area (Å²) in [6.45, 7) is 0.284. The fourth-order valence-electron chi connectivity index (χ4n) is 1.27. The van der Waals surface area contributed by atoms with Crippen LogP contribution in [0.1, 0.15) is 0 Å². The summed E-state index contributed by atoms with van der Waals surface area (Å²) in [5.74, 6) is 1.41. The van der Waals surface area contributed by atoms with Crippen LogP contribution >= 0.6 is 0 Å². The number of carbonyl (C=O) groups excluding carboxylic acids is 1. The predicted octanol–water partition coefficient (Wildman–Crippen LogP) is 1.01. The maximum absolute atomic E-state index is 10.5. The number of methoxy groups -OCH3 is 1. The third-order valence-electron chi connectivity index (χ3n) is 1.96. The smallest absolute Gasteiger partial charge is 0.216 e. The maximum Gasteiger partial charge on any atom is 0.216 e. The lowest BCUT2D eigenvalue weighted by Crippen LogP contribution is -2.19. The van der Waals surface area contributed by atoms with Crippen molar-refractivity contribution in [1.29, 1.82) is 0 Å². The molecule has 0 unspecified atom stereocenters. The standard InChI is InChI=1S/C9H9NO3/c1-12-7-2-3-8-9(4-7)13-6-10(8)5-11/h2-5H,6H2,1H3. The molecule has 4 heteroatoms. The molecule has 0 atom stereocenters. The molecule has 0 aromatic heterocycles. The lowest BCUT2D eigenvalue weighted by Gasteiger charge is -2.05. The lowest BCUT2D eigenvalue weighted by molar-refractivity contribution is -0.107. The van der Waals surface area contributed by atoms with E-state index in [9.17, 15) is 4.79 Å². The van der Waals surface area contributed by atoms with Crippen LogP contribution in [0, 0.1) is 0 Å². The average molecular weight is 179 g/mol. The number of rotatable bonds is 2. The van der Waals surface area contributed by atoms with Gasteiger partial charge in [0.25, 0.3) is 0 Å². The van der Waals surface area contributed by atoms with E-state index < -0.39 is 0 Å². The SMILES string of the molecule is COc1ccc2c(c1)OCN2C=O.